The average Bonchev–Trinajstić information content (AvgIpc) is 2.77. The van der Waals surface area contributed by atoms with E-state index in [2.05, 4.69) is 5.32 Å². The molecule has 34 heavy (non-hydrogen) atoms. The molecule has 7 nitrogen and oxygen atoms in total. The summed E-state index contributed by atoms with van der Waals surface area (Å²) in [5.74, 6) is -0.594. The first-order chi connectivity index (χ1) is 15.8. The summed E-state index contributed by atoms with van der Waals surface area (Å²) in [6, 6.07) is 10.5. The molecule has 0 bridgehead atoms. The van der Waals surface area contributed by atoms with Crippen molar-refractivity contribution in [1.82, 2.24) is 9.80 Å². The van der Waals surface area contributed by atoms with Gasteiger partial charge < -0.3 is 14.5 Å². The summed E-state index contributed by atoms with van der Waals surface area (Å²) in [5.41, 5.74) is -0.363. The zero-order valence-corrected chi connectivity index (χ0v) is 19.1. The fourth-order valence-electron chi connectivity index (χ4n) is 3.40. The molecule has 0 spiro atoms. The van der Waals surface area contributed by atoms with Gasteiger partial charge in [-0.15, -0.1) is 0 Å². The van der Waals surface area contributed by atoms with Crippen LogP contribution >= 0.6 is 0 Å². The molecule has 0 aliphatic carbocycles. The SMILES string of the molecule is CC(C)(C)OC(=O)Nc1ccc(C(=O)N2CCN(C(=O)c3ccc(C(F)(F)F)cc3)CC2)cc1. The Morgan fingerprint density at radius 3 is 1.56 bits per heavy atom. The number of hydrogen-bond donors (Lipinski definition) is 1. The van der Waals surface area contributed by atoms with Crippen LogP contribution in [0.2, 0.25) is 0 Å². The molecule has 0 aromatic heterocycles. The van der Waals surface area contributed by atoms with Gasteiger partial charge >= 0.3 is 12.3 Å². The van der Waals surface area contributed by atoms with E-state index in [0.717, 1.165) is 24.3 Å². The van der Waals surface area contributed by atoms with Crippen molar-refractivity contribution in [2.24, 2.45) is 0 Å². The minimum atomic E-state index is -4.46. The van der Waals surface area contributed by atoms with Crippen LogP contribution in [-0.2, 0) is 10.9 Å². The number of hydrogen-bond acceptors (Lipinski definition) is 4. The van der Waals surface area contributed by atoms with Gasteiger partial charge in [0.15, 0.2) is 0 Å². The number of benzene rings is 2. The van der Waals surface area contributed by atoms with E-state index in [1.807, 2.05) is 0 Å². The number of ether oxygens (including phenoxy) is 1. The highest BCUT2D eigenvalue weighted by atomic mass is 19.4. The highest BCUT2D eigenvalue weighted by Gasteiger charge is 2.31. The molecule has 2 aromatic rings. The second-order valence-electron chi connectivity index (χ2n) is 8.86. The fraction of sp³-hybridized carbons (Fsp3) is 0.375. The van der Waals surface area contributed by atoms with Gasteiger partial charge in [0.1, 0.15) is 5.60 Å². The maximum Gasteiger partial charge on any atom is 0.416 e. The van der Waals surface area contributed by atoms with Gasteiger partial charge in [-0.3, -0.25) is 14.9 Å². The quantitative estimate of drug-likeness (QED) is 0.698. The number of carbonyl (C=O) groups is 3. The Labute approximate surface area is 195 Å². The molecule has 3 amide bonds. The third kappa shape index (κ3) is 6.49. The second kappa shape index (κ2) is 9.74. The monoisotopic (exact) mass is 477 g/mol. The summed E-state index contributed by atoms with van der Waals surface area (Å²) in [7, 11) is 0. The van der Waals surface area contributed by atoms with Crippen LogP contribution in [0.25, 0.3) is 0 Å². The molecule has 0 saturated carbocycles. The number of piperazine rings is 1. The first kappa shape index (κ1) is 25.1. The topological polar surface area (TPSA) is 79.0 Å². The van der Waals surface area contributed by atoms with Gasteiger partial charge in [0.2, 0.25) is 0 Å². The number of anilines is 1. The summed E-state index contributed by atoms with van der Waals surface area (Å²) in [5, 5.41) is 2.60. The Morgan fingerprint density at radius 2 is 1.18 bits per heavy atom. The van der Waals surface area contributed by atoms with Gasteiger partial charge in [-0.25, -0.2) is 4.79 Å². The largest absolute Gasteiger partial charge is 0.444 e. The molecule has 1 fully saturated rings. The van der Waals surface area contributed by atoms with E-state index in [1.165, 1.54) is 4.90 Å². The lowest BCUT2D eigenvalue weighted by Gasteiger charge is -2.35. The third-order valence-electron chi connectivity index (χ3n) is 5.09. The summed E-state index contributed by atoms with van der Waals surface area (Å²) < 4.78 is 43.3. The highest BCUT2D eigenvalue weighted by molar-refractivity contribution is 5.96. The van der Waals surface area contributed by atoms with E-state index in [4.69, 9.17) is 4.74 Å². The third-order valence-corrected chi connectivity index (χ3v) is 5.09. The van der Waals surface area contributed by atoms with Crippen molar-refractivity contribution >= 4 is 23.6 Å². The molecule has 10 heteroatoms. The van der Waals surface area contributed by atoms with Crippen molar-refractivity contribution in [3.63, 3.8) is 0 Å². The van der Waals surface area contributed by atoms with Gasteiger partial charge in [-0.05, 0) is 69.3 Å². The van der Waals surface area contributed by atoms with E-state index < -0.39 is 23.4 Å². The molecule has 1 heterocycles. The van der Waals surface area contributed by atoms with Crippen molar-refractivity contribution in [2.45, 2.75) is 32.5 Å². The van der Waals surface area contributed by atoms with Crippen LogP contribution in [0.15, 0.2) is 48.5 Å². The average molecular weight is 477 g/mol. The predicted molar refractivity (Wildman–Crippen MR) is 120 cm³/mol. The number of amides is 3. The van der Waals surface area contributed by atoms with Crippen LogP contribution in [0.5, 0.6) is 0 Å². The number of nitrogens with zero attached hydrogens (tertiary/aromatic N) is 2. The van der Waals surface area contributed by atoms with Crippen LogP contribution in [-0.4, -0.2) is 59.5 Å². The van der Waals surface area contributed by atoms with E-state index in [1.54, 1.807) is 49.9 Å². The smallest absolute Gasteiger partial charge is 0.416 e. The first-order valence-electron chi connectivity index (χ1n) is 10.7. The Kier molecular flexibility index (Phi) is 7.18. The molecule has 1 aliphatic rings. The maximum absolute atomic E-state index is 12.8. The molecule has 3 rings (SSSR count). The predicted octanol–water partition coefficient (Wildman–Crippen LogP) is 4.65. The molecule has 0 unspecified atom stereocenters. The van der Waals surface area contributed by atoms with Crippen molar-refractivity contribution in [2.75, 3.05) is 31.5 Å². The number of alkyl halides is 3. The van der Waals surface area contributed by atoms with Gasteiger partial charge in [0.05, 0.1) is 5.56 Å². The first-order valence-corrected chi connectivity index (χ1v) is 10.7. The summed E-state index contributed by atoms with van der Waals surface area (Å²) >= 11 is 0. The molecule has 1 aliphatic heterocycles. The van der Waals surface area contributed by atoms with Crippen LogP contribution in [0.1, 0.15) is 47.1 Å². The minimum Gasteiger partial charge on any atom is -0.444 e. The van der Waals surface area contributed by atoms with E-state index >= 15 is 0 Å². The van der Waals surface area contributed by atoms with Crippen molar-refractivity contribution in [1.29, 1.82) is 0 Å². The molecule has 182 valence electrons. The van der Waals surface area contributed by atoms with Gasteiger partial charge in [-0.1, -0.05) is 0 Å². The second-order valence-corrected chi connectivity index (χ2v) is 8.86. The molecule has 0 atom stereocenters. The van der Waals surface area contributed by atoms with Gasteiger partial charge in [0, 0.05) is 43.0 Å². The number of nitrogens with one attached hydrogen (secondary N) is 1. The minimum absolute atomic E-state index is 0.167. The van der Waals surface area contributed by atoms with Crippen molar-refractivity contribution in [3.8, 4) is 0 Å². The fourth-order valence-corrected chi connectivity index (χ4v) is 3.40. The molecule has 1 N–H and O–H groups in total. The maximum atomic E-state index is 12.8. The molecular formula is C24H26F3N3O4. The molecular weight excluding hydrogens is 451 g/mol. The lowest BCUT2D eigenvalue weighted by molar-refractivity contribution is -0.137. The van der Waals surface area contributed by atoms with E-state index in [-0.39, 0.29) is 30.5 Å². The summed E-state index contributed by atoms with van der Waals surface area (Å²) in [6.07, 6.45) is -5.06. The Morgan fingerprint density at radius 1 is 0.765 bits per heavy atom. The zero-order valence-electron chi connectivity index (χ0n) is 19.1. The van der Waals surface area contributed by atoms with Crippen molar-refractivity contribution in [3.05, 3.63) is 65.2 Å². The summed E-state index contributed by atoms with van der Waals surface area (Å²) in [4.78, 5) is 40.4. The standard InChI is InChI=1S/C24H26F3N3O4/c1-23(2,3)34-22(33)28-19-10-6-17(7-11-19)21(32)30-14-12-29(13-15-30)20(31)16-4-8-18(9-5-16)24(25,26)27/h4-11H,12-15H2,1-3H3,(H,28,33). The lowest BCUT2D eigenvalue weighted by atomic mass is 10.1. The van der Waals surface area contributed by atoms with Crippen LogP contribution in [0.4, 0.5) is 23.7 Å². The van der Waals surface area contributed by atoms with Gasteiger partial charge in [-0.2, -0.15) is 13.2 Å². The molecule has 0 radical (unpaired) electrons. The van der Waals surface area contributed by atoms with E-state index in [0.29, 0.717) is 24.3 Å². The normalized spacial score (nSPS) is 14.5. The highest BCUT2D eigenvalue weighted by Crippen LogP contribution is 2.29. The Bertz CT molecular complexity index is 1040. The van der Waals surface area contributed by atoms with Gasteiger partial charge in [0.25, 0.3) is 11.8 Å². The Hall–Kier alpha value is -3.56. The van der Waals surface area contributed by atoms with Crippen LogP contribution in [0.3, 0.4) is 0 Å². The molecule has 2 aromatic carbocycles. The number of halogens is 3. The molecule has 1 saturated heterocycles. The van der Waals surface area contributed by atoms with Crippen molar-refractivity contribution < 1.29 is 32.3 Å². The number of rotatable bonds is 3. The van der Waals surface area contributed by atoms with E-state index in [9.17, 15) is 27.6 Å². The summed E-state index contributed by atoms with van der Waals surface area (Å²) in [6.45, 7) is 6.39. The lowest BCUT2D eigenvalue weighted by Crippen LogP contribution is -2.50. The van der Waals surface area contributed by atoms with Crippen LogP contribution in [0, 0.1) is 0 Å². The zero-order chi connectivity index (χ0) is 25.1. The number of carbonyl (C=O) groups excluding carboxylic acids is 3. The van der Waals surface area contributed by atoms with Crippen LogP contribution < -0.4 is 5.32 Å². The Balaban J connectivity index is 1.54.